The lowest BCUT2D eigenvalue weighted by Gasteiger charge is -2.49. The van der Waals surface area contributed by atoms with Crippen LogP contribution in [0.4, 0.5) is 5.69 Å². The smallest absolute Gasteiger partial charge is 0.0377 e. The van der Waals surface area contributed by atoms with Crippen LogP contribution >= 0.6 is 22.6 Å². The lowest BCUT2D eigenvalue weighted by atomic mass is 9.78. The minimum atomic E-state index is 0.710. The van der Waals surface area contributed by atoms with Gasteiger partial charge in [-0.2, -0.15) is 0 Å². The number of halogens is 1. The molecule has 0 bridgehead atoms. The van der Waals surface area contributed by atoms with Gasteiger partial charge in [0, 0.05) is 27.8 Å². The van der Waals surface area contributed by atoms with Gasteiger partial charge in [-0.15, -0.1) is 0 Å². The molecule has 1 aromatic carbocycles. The fourth-order valence-corrected chi connectivity index (χ4v) is 3.59. The molecule has 0 aromatic heterocycles. The summed E-state index contributed by atoms with van der Waals surface area (Å²) in [6.45, 7) is 2.60. The van der Waals surface area contributed by atoms with Crippen molar-refractivity contribution in [2.24, 2.45) is 5.41 Å². The predicted octanol–water partition coefficient (Wildman–Crippen LogP) is 3.67. The molecule has 0 unspecified atom stereocenters. The van der Waals surface area contributed by atoms with Crippen molar-refractivity contribution in [3.05, 3.63) is 27.8 Å². The number of benzene rings is 1. The van der Waals surface area contributed by atoms with Gasteiger partial charge in [-0.3, -0.25) is 0 Å². The molecule has 1 aliphatic carbocycles. The molecule has 1 aliphatic heterocycles. The zero-order chi connectivity index (χ0) is 10.3. The molecule has 2 fully saturated rings. The Balaban J connectivity index is 1.72. The van der Waals surface area contributed by atoms with Crippen LogP contribution in [-0.4, -0.2) is 13.1 Å². The fraction of sp³-hybridized carbons (Fsp3) is 0.538. The van der Waals surface area contributed by atoms with Crippen molar-refractivity contribution in [3.63, 3.8) is 0 Å². The molecule has 1 saturated heterocycles. The first-order valence-corrected chi connectivity index (χ1v) is 6.86. The Kier molecular flexibility index (Phi) is 2.42. The number of rotatable bonds is 1. The lowest BCUT2D eigenvalue weighted by Crippen LogP contribution is -2.55. The Labute approximate surface area is 105 Å². The van der Waals surface area contributed by atoms with E-state index in [1.54, 1.807) is 0 Å². The molecule has 1 saturated carbocycles. The van der Waals surface area contributed by atoms with Gasteiger partial charge in [-0.25, -0.2) is 0 Å². The molecule has 1 aromatic rings. The van der Waals surface area contributed by atoms with E-state index in [1.165, 1.54) is 48.0 Å². The molecule has 1 heterocycles. The molecule has 1 spiro atoms. The number of hydrogen-bond donors (Lipinski definition) is 0. The van der Waals surface area contributed by atoms with E-state index in [9.17, 15) is 0 Å². The minimum absolute atomic E-state index is 0.710. The Bertz CT molecular complexity index is 361. The van der Waals surface area contributed by atoms with Crippen molar-refractivity contribution in [2.75, 3.05) is 18.0 Å². The van der Waals surface area contributed by atoms with Crippen LogP contribution in [0.15, 0.2) is 24.3 Å². The van der Waals surface area contributed by atoms with Gasteiger partial charge in [0.05, 0.1) is 0 Å². The molecule has 80 valence electrons. The van der Waals surface area contributed by atoms with E-state index in [0.29, 0.717) is 5.41 Å². The maximum atomic E-state index is 2.54. The summed E-state index contributed by atoms with van der Waals surface area (Å²) >= 11 is 2.39. The van der Waals surface area contributed by atoms with Crippen molar-refractivity contribution in [1.29, 1.82) is 0 Å². The third-order valence-electron chi connectivity index (χ3n) is 3.89. The summed E-state index contributed by atoms with van der Waals surface area (Å²) in [5.74, 6) is 0. The topological polar surface area (TPSA) is 3.24 Å². The third-order valence-corrected chi connectivity index (χ3v) is 4.56. The maximum Gasteiger partial charge on any atom is 0.0377 e. The predicted molar refractivity (Wildman–Crippen MR) is 72.3 cm³/mol. The molecule has 0 amide bonds. The standard InChI is InChI=1S/C13H16IN/c14-11-4-3-5-12(8-11)15-9-13(10-15)6-1-2-7-13/h3-5,8H,1-2,6-7,9-10H2. The number of hydrogen-bond acceptors (Lipinski definition) is 1. The van der Waals surface area contributed by atoms with Gasteiger partial charge in [0.1, 0.15) is 0 Å². The van der Waals surface area contributed by atoms with Crippen LogP contribution in [0, 0.1) is 8.99 Å². The van der Waals surface area contributed by atoms with Crippen molar-refractivity contribution in [2.45, 2.75) is 25.7 Å². The van der Waals surface area contributed by atoms with E-state index >= 15 is 0 Å². The zero-order valence-corrected chi connectivity index (χ0v) is 11.0. The maximum absolute atomic E-state index is 2.54. The summed E-state index contributed by atoms with van der Waals surface area (Å²) in [6.07, 6.45) is 5.85. The van der Waals surface area contributed by atoms with Crippen LogP contribution in [0.1, 0.15) is 25.7 Å². The molecular weight excluding hydrogens is 297 g/mol. The van der Waals surface area contributed by atoms with Crippen LogP contribution in [0.2, 0.25) is 0 Å². The summed E-state index contributed by atoms with van der Waals surface area (Å²) in [5, 5.41) is 0. The lowest BCUT2D eigenvalue weighted by molar-refractivity contribution is 0.222. The van der Waals surface area contributed by atoms with E-state index in [2.05, 4.69) is 51.8 Å². The summed E-state index contributed by atoms with van der Waals surface area (Å²) < 4.78 is 1.34. The van der Waals surface area contributed by atoms with Crippen LogP contribution in [0.25, 0.3) is 0 Å². The van der Waals surface area contributed by atoms with Crippen molar-refractivity contribution in [3.8, 4) is 0 Å². The average molecular weight is 313 g/mol. The van der Waals surface area contributed by atoms with E-state index in [-0.39, 0.29) is 0 Å². The van der Waals surface area contributed by atoms with Crippen LogP contribution in [0.3, 0.4) is 0 Å². The summed E-state index contributed by atoms with van der Waals surface area (Å²) in [7, 11) is 0. The van der Waals surface area contributed by atoms with Gasteiger partial charge in [0.2, 0.25) is 0 Å². The van der Waals surface area contributed by atoms with E-state index in [1.807, 2.05) is 0 Å². The highest BCUT2D eigenvalue weighted by atomic mass is 127. The first-order valence-electron chi connectivity index (χ1n) is 5.78. The molecule has 0 radical (unpaired) electrons. The van der Waals surface area contributed by atoms with Gasteiger partial charge >= 0.3 is 0 Å². The zero-order valence-electron chi connectivity index (χ0n) is 8.88. The molecular formula is C13H16IN. The van der Waals surface area contributed by atoms with Crippen molar-refractivity contribution in [1.82, 2.24) is 0 Å². The minimum Gasteiger partial charge on any atom is -0.370 e. The van der Waals surface area contributed by atoms with E-state index in [0.717, 1.165) is 0 Å². The average Bonchev–Trinajstić information content (AvgIpc) is 2.64. The van der Waals surface area contributed by atoms with Gasteiger partial charge in [0.25, 0.3) is 0 Å². The van der Waals surface area contributed by atoms with Crippen LogP contribution in [0.5, 0.6) is 0 Å². The highest BCUT2D eigenvalue weighted by molar-refractivity contribution is 14.1. The van der Waals surface area contributed by atoms with Crippen molar-refractivity contribution >= 4 is 28.3 Å². The van der Waals surface area contributed by atoms with Crippen LogP contribution in [-0.2, 0) is 0 Å². The number of nitrogens with zero attached hydrogens (tertiary/aromatic N) is 1. The van der Waals surface area contributed by atoms with Gasteiger partial charge in [0.15, 0.2) is 0 Å². The van der Waals surface area contributed by atoms with Crippen LogP contribution < -0.4 is 4.90 Å². The van der Waals surface area contributed by atoms with E-state index in [4.69, 9.17) is 0 Å². The first-order chi connectivity index (χ1) is 7.27. The second-order valence-corrected chi connectivity index (χ2v) is 6.29. The largest absolute Gasteiger partial charge is 0.370 e. The Morgan fingerprint density at radius 1 is 1.13 bits per heavy atom. The Morgan fingerprint density at radius 3 is 2.53 bits per heavy atom. The molecule has 0 atom stereocenters. The summed E-state index contributed by atoms with van der Waals surface area (Å²) in [5.41, 5.74) is 2.13. The SMILES string of the molecule is Ic1cccc(N2CC3(CCCC3)C2)c1. The second kappa shape index (κ2) is 3.65. The van der Waals surface area contributed by atoms with Gasteiger partial charge in [-0.1, -0.05) is 18.9 Å². The molecule has 2 heteroatoms. The monoisotopic (exact) mass is 313 g/mol. The summed E-state index contributed by atoms with van der Waals surface area (Å²) in [6, 6.07) is 8.86. The van der Waals surface area contributed by atoms with Crippen molar-refractivity contribution < 1.29 is 0 Å². The fourth-order valence-electron chi connectivity index (χ4n) is 3.06. The Hall–Kier alpha value is -0.250. The molecule has 0 N–H and O–H groups in total. The van der Waals surface area contributed by atoms with Gasteiger partial charge < -0.3 is 4.90 Å². The second-order valence-electron chi connectivity index (χ2n) is 5.04. The number of anilines is 1. The quantitative estimate of drug-likeness (QED) is 0.715. The highest BCUT2D eigenvalue weighted by Gasteiger charge is 2.44. The highest BCUT2D eigenvalue weighted by Crippen LogP contribution is 2.46. The molecule has 1 nitrogen and oxygen atoms in total. The molecule has 15 heavy (non-hydrogen) atoms. The molecule has 2 aliphatic rings. The summed E-state index contributed by atoms with van der Waals surface area (Å²) in [4.78, 5) is 2.54. The Morgan fingerprint density at radius 2 is 1.87 bits per heavy atom. The van der Waals surface area contributed by atoms with E-state index < -0.39 is 0 Å². The first kappa shape index (κ1) is 9.94. The normalized spacial score (nSPS) is 23.1. The van der Waals surface area contributed by atoms with Gasteiger partial charge in [-0.05, 0) is 53.6 Å². The molecule has 3 rings (SSSR count). The third kappa shape index (κ3) is 1.77.